The van der Waals surface area contributed by atoms with Gasteiger partial charge < -0.3 is 20.1 Å². The summed E-state index contributed by atoms with van der Waals surface area (Å²) in [5.74, 6) is -0.134. The summed E-state index contributed by atoms with van der Waals surface area (Å²) in [6.45, 7) is 1.40. The normalized spacial score (nSPS) is 22.0. The minimum Gasteiger partial charge on any atom is -0.350 e. The van der Waals surface area contributed by atoms with E-state index in [1.54, 1.807) is 6.07 Å². The lowest BCUT2D eigenvalue weighted by molar-refractivity contribution is -0.910. The van der Waals surface area contributed by atoms with Gasteiger partial charge in [-0.05, 0) is 37.1 Å². The molecule has 3 N–H and O–H groups in total. The average molecular weight is 396 g/mol. The van der Waals surface area contributed by atoms with Crippen LogP contribution in [0, 0.1) is 0 Å². The number of carbonyl (C=O) groups excluding carboxylic acids is 2. The van der Waals surface area contributed by atoms with Gasteiger partial charge >= 0.3 is 0 Å². The highest BCUT2D eigenvalue weighted by molar-refractivity contribution is 6.04. The Balaban J connectivity index is 1.41. The van der Waals surface area contributed by atoms with Gasteiger partial charge in [0.25, 0.3) is 11.8 Å². The molecule has 2 aromatic rings. The van der Waals surface area contributed by atoms with Crippen LogP contribution in [0.15, 0.2) is 42.6 Å². The minimum atomic E-state index is -0.0944. The predicted octanol–water partition coefficient (Wildman–Crippen LogP) is 2.06. The van der Waals surface area contributed by atoms with E-state index in [4.69, 9.17) is 0 Å². The summed E-state index contributed by atoms with van der Waals surface area (Å²) in [7, 11) is 2.06. The maximum atomic E-state index is 12.8. The van der Waals surface area contributed by atoms with Gasteiger partial charge in [0.15, 0.2) is 6.54 Å². The molecule has 6 nitrogen and oxygen atoms in total. The second-order valence-corrected chi connectivity index (χ2v) is 8.37. The predicted molar refractivity (Wildman–Crippen MR) is 113 cm³/mol. The van der Waals surface area contributed by atoms with Gasteiger partial charge in [0, 0.05) is 32.1 Å². The molecule has 2 heterocycles. The highest BCUT2D eigenvalue weighted by Gasteiger charge is 2.33. The van der Waals surface area contributed by atoms with Crippen molar-refractivity contribution in [2.24, 2.45) is 7.05 Å². The summed E-state index contributed by atoms with van der Waals surface area (Å²) in [5, 5.41) is 6.11. The monoisotopic (exact) mass is 395 g/mol. The molecule has 2 fully saturated rings. The molecule has 1 aliphatic carbocycles. The lowest BCUT2D eigenvalue weighted by Gasteiger charge is -2.22. The Kier molecular flexibility index (Phi) is 6.00. The van der Waals surface area contributed by atoms with Crippen molar-refractivity contribution >= 4 is 17.5 Å². The first-order chi connectivity index (χ1) is 14.1. The zero-order chi connectivity index (χ0) is 20.2. The van der Waals surface area contributed by atoms with Crippen LogP contribution in [0.5, 0.6) is 0 Å². The van der Waals surface area contributed by atoms with Gasteiger partial charge in [0.1, 0.15) is 6.04 Å². The van der Waals surface area contributed by atoms with Gasteiger partial charge in [-0.25, -0.2) is 0 Å². The molecule has 2 amide bonds. The minimum absolute atomic E-state index is 0.0396. The summed E-state index contributed by atoms with van der Waals surface area (Å²) in [4.78, 5) is 26.8. The molecular formula is C23H31N4O2+. The molecular weight excluding hydrogens is 364 g/mol. The summed E-state index contributed by atoms with van der Waals surface area (Å²) >= 11 is 0. The highest BCUT2D eigenvalue weighted by atomic mass is 16.2. The maximum absolute atomic E-state index is 12.8. The molecule has 4 rings (SSSR count). The number of quaternary nitrogens is 1. The van der Waals surface area contributed by atoms with E-state index in [2.05, 4.69) is 40.6 Å². The van der Waals surface area contributed by atoms with Crippen LogP contribution >= 0.6 is 0 Å². The molecule has 1 unspecified atom stereocenters. The Labute approximate surface area is 172 Å². The Hall–Kier alpha value is -2.60. The van der Waals surface area contributed by atoms with E-state index in [1.807, 2.05) is 18.2 Å². The van der Waals surface area contributed by atoms with E-state index < -0.39 is 0 Å². The van der Waals surface area contributed by atoms with Crippen LogP contribution in [-0.2, 0) is 11.8 Å². The third-order valence-electron chi connectivity index (χ3n) is 6.35. The van der Waals surface area contributed by atoms with E-state index in [0.717, 1.165) is 32.2 Å². The van der Waals surface area contributed by atoms with Gasteiger partial charge in [-0.2, -0.15) is 0 Å². The molecule has 154 valence electrons. The van der Waals surface area contributed by atoms with Crippen LogP contribution in [-0.4, -0.2) is 35.5 Å². The molecule has 1 aliphatic heterocycles. The number of aryl methyl sites for hydroxylation is 1. The summed E-state index contributed by atoms with van der Waals surface area (Å²) < 4.78 is 2.15. The molecule has 2 atom stereocenters. The van der Waals surface area contributed by atoms with Gasteiger partial charge in [-0.1, -0.05) is 25.0 Å². The van der Waals surface area contributed by atoms with Gasteiger partial charge in [0.2, 0.25) is 0 Å². The third kappa shape index (κ3) is 4.53. The van der Waals surface area contributed by atoms with Crippen LogP contribution in [0.4, 0.5) is 5.69 Å². The lowest BCUT2D eigenvalue weighted by Crippen LogP contribution is -3.11. The van der Waals surface area contributed by atoms with Crippen molar-refractivity contribution < 1.29 is 14.5 Å². The van der Waals surface area contributed by atoms with Crippen molar-refractivity contribution in [1.29, 1.82) is 0 Å². The van der Waals surface area contributed by atoms with Gasteiger partial charge in [-0.3, -0.25) is 9.59 Å². The first kappa shape index (κ1) is 19.7. The molecule has 2 aliphatic rings. The number of para-hydroxylation sites is 1. The highest BCUT2D eigenvalue weighted by Crippen LogP contribution is 2.21. The number of nitrogens with zero attached hydrogens (tertiary/aromatic N) is 1. The number of hydrogen-bond donors (Lipinski definition) is 3. The maximum Gasteiger partial charge on any atom is 0.279 e. The SMILES string of the molecule is Cn1cccc1[C@H]1CCC[NH+]1CC(=O)Nc1ccccc1C(=O)NC1CCCC1. The van der Waals surface area contributed by atoms with Crippen molar-refractivity contribution in [3.8, 4) is 0 Å². The van der Waals surface area contributed by atoms with Crippen LogP contribution in [0.25, 0.3) is 0 Å². The molecule has 1 saturated carbocycles. The van der Waals surface area contributed by atoms with Crippen molar-refractivity contribution in [2.75, 3.05) is 18.4 Å². The quantitative estimate of drug-likeness (QED) is 0.701. The second kappa shape index (κ2) is 8.82. The van der Waals surface area contributed by atoms with Crippen molar-refractivity contribution in [3.63, 3.8) is 0 Å². The van der Waals surface area contributed by atoms with Crippen LogP contribution in [0.3, 0.4) is 0 Å². The molecule has 0 spiro atoms. The standard InChI is InChI=1S/C23H30N4O2/c1-26-14-6-12-20(26)21-13-7-15-27(21)16-22(28)25-19-11-5-4-10-18(19)23(29)24-17-8-2-3-9-17/h4-6,10-12,14,17,21H,2-3,7-9,13,15-16H2,1H3,(H,24,29)(H,25,28)/p+1/t21-/m1/s1. The number of anilines is 1. The van der Waals surface area contributed by atoms with E-state index in [0.29, 0.717) is 23.8 Å². The number of hydrogen-bond acceptors (Lipinski definition) is 2. The Morgan fingerprint density at radius 1 is 1.07 bits per heavy atom. The van der Waals surface area contributed by atoms with Gasteiger partial charge in [-0.15, -0.1) is 0 Å². The molecule has 0 radical (unpaired) electrons. The third-order valence-corrected chi connectivity index (χ3v) is 6.35. The van der Waals surface area contributed by atoms with E-state index in [-0.39, 0.29) is 17.9 Å². The summed E-state index contributed by atoms with van der Waals surface area (Å²) in [6.07, 6.45) is 8.71. The number of rotatable bonds is 6. The van der Waals surface area contributed by atoms with E-state index in [9.17, 15) is 9.59 Å². The molecule has 0 bridgehead atoms. The average Bonchev–Trinajstić information content (AvgIpc) is 3.45. The Morgan fingerprint density at radius 3 is 2.62 bits per heavy atom. The lowest BCUT2D eigenvalue weighted by atomic mass is 10.1. The first-order valence-electron chi connectivity index (χ1n) is 10.8. The van der Waals surface area contributed by atoms with Gasteiger partial charge in [0.05, 0.1) is 23.5 Å². The summed E-state index contributed by atoms with van der Waals surface area (Å²) in [5.41, 5.74) is 2.42. The van der Waals surface area contributed by atoms with E-state index in [1.165, 1.54) is 23.4 Å². The zero-order valence-corrected chi connectivity index (χ0v) is 17.1. The zero-order valence-electron chi connectivity index (χ0n) is 17.1. The van der Waals surface area contributed by atoms with E-state index >= 15 is 0 Å². The van der Waals surface area contributed by atoms with Crippen LogP contribution in [0.1, 0.15) is 60.6 Å². The van der Waals surface area contributed by atoms with Crippen LogP contribution in [0.2, 0.25) is 0 Å². The first-order valence-corrected chi connectivity index (χ1v) is 10.8. The topological polar surface area (TPSA) is 67.6 Å². The summed E-state index contributed by atoms with van der Waals surface area (Å²) in [6, 6.07) is 12.1. The Bertz CT molecular complexity index is 869. The van der Waals surface area contributed by atoms with Crippen molar-refractivity contribution in [2.45, 2.75) is 50.6 Å². The fourth-order valence-electron chi connectivity index (χ4n) is 4.84. The largest absolute Gasteiger partial charge is 0.350 e. The number of benzene rings is 1. The van der Waals surface area contributed by atoms with Crippen molar-refractivity contribution in [1.82, 2.24) is 9.88 Å². The molecule has 1 saturated heterocycles. The fraction of sp³-hybridized carbons (Fsp3) is 0.478. The van der Waals surface area contributed by atoms with Crippen LogP contribution < -0.4 is 15.5 Å². The fourth-order valence-corrected chi connectivity index (χ4v) is 4.84. The molecule has 1 aromatic heterocycles. The second-order valence-electron chi connectivity index (χ2n) is 8.37. The number of likely N-dealkylation sites (tertiary alicyclic amines) is 1. The number of aromatic nitrogens is 1. The smallest absolute Gasteiger partial charge is 0.279 e. The van der Waals surface area contributed by atoms with Crippen molar-refractivity contribution in [3.05, 3.63) is 53.9 Å². The Morgan fingerprint density at radius 2 is 1.86 bits per heavy atom. The molecule has 29 heavy (non-hydrogen) atoms. The number of carbonyl (C=O) groups is 2. The number of nitrogens with one attached hydrogen (secondary N) is 3. The molecule has 6 heteroatoms. The molecule has 1 aromatic carbocycles. The number of amides is 2.